The van der Waals surface area contributed by atoms with Gasteiger partial charge in [0, 0.05) is 4.90 Å². The molecule has 2 fully saturated rings. The average Bonchev–Trinajstić information content (AvgIpc) is 2.48. The van der Waals surface area contributed by atoms with Gasteiger partial charge in [0.1, 0.15) is 0 Å². The van der Waals surface area contributed by atoms with Gasteiger partial charge in [-0.25, -0.2) is 0 Å². The first-order valence-electron chi connectivity index (χ1n) is 3.49. The normalized spacial score (nSPS) is 60.0. The van der Waals surface area contributed by atoms with E-state index in [0.717, 1.165) is 10.1 Å². The van der Waals surface area contributed by atoms with E-state index < -0.39 is 0 Å². The van der Waals surface area contributed by atoms with Gasteiger partial charge in [0.15, 0.2) is 0 Å². The van der Waals surface area contributed by atoms with Crippen LogP contribution >= 0.6 is 15.8 Å². The summed E-state index contributed by atoms with van der Waals surface area (Å²) in [6, 6.07) is 0. The molecule has 0 aromatic rings. The van der Waals surface area contributed by atoms with E-state index in [0.29, 0.717) is 15.8 Å². The predicted molar refractivity (Wildman–Crippen MR) is 47.4 cm³/mol. The molecule has 2 heterocycles. The largest absolute Gasteiger partial charge is 0.0964 e. The molecule has 2 aliphatic rings. The molecule has 1 spiro atoms. The fraction of sp³-hybridized carbons (Fsp3) is 1.00. The third kappa shape index (κ3) is 0.501. The Balaban J connectivity index is 2.23. The lowest BCUT2D eigenvalue weighted by atomic mass is 10.2. The maximum absolute atomic E-state index is 2.49. The van der Waals surface area contributed by atoms with Crippen LogP contribution in [-0.2, 0) is 0 Å². The molecular weight excluding hydrogens is 146 g/mol. The molecule has 0 N–H and O–H groups in total. The Morgan fingerprint density at radius 1 is 1.22 bits per heavy atom. The third-order valence-electron chi connectivity index (χ3n) is 3.31. The summed E-state index contributed by atoms with van der Waals surface area (Å²) in [7, 11) is 0.943. The second-order valence-electron chi connectivity index (χ2n) is 3.79. The van der Waals surface area contributed by atoms with Gasteiger partial charge < -0.3 is 0 Å². The molecule has 0 bridgehead atoms. The summed E-state index contributed by atoms with van der Waals surface area (Å²) in [5.41, 5.74) is 0. The minimum Gasteiger partial charge on any atom is -0.0964 e. The highest BCUT2D eigenvalue weighted by Crippen LogP contribution is 3.01. The molecule has 0 aliphatic carbocycles. The zero-order valence-electron chi connectivity index (χ0n) is 6.60. The number of rotatable bonds is 0. The second kappa shape index (κ2) is 1.39. The van der Waals surface area contributed by atoms with Crippen molar-refractivity contribution in [2.75, 3.05) is 19.5 Å². The summed E-state index contributed by atoms with van der Waals surface area (Å²) in [6.07, 6.45) is 1.59. The van der Waals surface area contributed by atoms with Gasteiger partial charge in [-0.05, 0) is 24.6 Å². The van der Waals surface area contributed by atoms with Crippen molar-refractivity contribution >= 4 is 15.8 Å². The lowest BCUT2D eigenvalue weighted by Crippen LogP contribution is -2.01. The van der Waals surface area contributed by atoms with Crippen LogP contribution in [-0.4, -0.2) is 29.5 Å². The maximum atomic E-state index is 2.49. The SMILES string of the molecule is CP1C[C@]12P(C)C2(C)C. The molecule has 9 heavy (non-hydrogen) atoms. The van der Waals surface area contributed by atoms with Gasteiger partial charge >= 0.3 is 0 Å². The summed E-state index contributed by atoms with van der Waals surface area (Å²) in [5, 5.41) is 0.781. The predicted octanol–water partition coefficient (Wildman–Crippen LogP) is 2.71. The molecule has 0 aromatic carbocycles. The van der Waals surface area contributed by atoms with E-state index in [2.05, 4.69) is 27.2 Å². The molecular formula is C7H14P2. The van der Waals surface area contributed by atoms with E-state index in [1.807, 2.05) is 0 Å². The van der Waals surface area contributed by atoms with Gasteiger partial charge in [-0.15, -0.1) is 0 Å². The summed E-state index contributed by atoms with van der Waals surface area (Å²) in [6.45, 7) is 9.89. The van der Waals surface area contributed by atoms with Crippen LogP contribution in [0.2, 0.25) is 0 Å². The summed E-state index contributed by atoms with van der Waals surface area (Å²) in [5.74, 6) is 0. The molecule has 0 aromatic heterocycles. The minimum absolute atomic E-state index is 0.444. The van der Waals surface area contributed by atoms with E-state index >= 15 is 0 Å². The lowest BCUT2D eigenvalue weighted by Gasteiger charge is -1.95. The van der Waals surface area contributed by atoms with Crippen LogP contribution in [0, 0.1) is 0 Å². The monoisotopic (exact) mass is 160 g/mol. The Labute approximate surface area is 59.9 Å². The molecule has 3 atom stereocenters. The molecule has 2 unspecified atom stereocenters. The Kier molecular flexibility index (Phi) is 1.01. The molecule has 2 heteroatoms. The fourth-order valence-corrected chi connectivity index (χ4v) is 11.8. The van der Waals surface area contributed by atoms with Crippen molar-refractivity contribution < 1.29 is 0 Å². The van der Waals surface area contributed by atoms with Gasteiger partial charge in [-0.2, -0.15) is 0 Å². The molecule has 0 saturated carbocycles. The second-order valence-corrected chi connectivity index (χ2v) is 9.62. The number of hydrogen-bond acceptors (Lipinski definition) is 0. The van der Waals surface area contributed by atoms with Crippen molar-refractivity contribution in [3.8, 4) is 0 Å². The summed E-state index contributed by atoms with van der Waals surface area (Å²) in [4.78, 5) is 0.942. The standard InChI is InChI=1S/C7H14P2/c1-6(2)7(9(6)4)5-8(7)3/h5H2,1-4H3/t7-,8?,9?/m1/s1. The molecule has 2 aliphatic heterocycles. The highest BCUT2D eigenvalue weighted by atomic mass is 31.2. The van der Waals surface area contributed by atoms with E-state index in [-0.39, 0.29) is 0 Å². The first kappa shape index (κ1) is 6.56. The fourth-order valence-electron chi connectivity index (χ4n) is 2.16. The first-order chi connectivity index (χ1) is 4.03. The Morgan fingerprint density at radius 2 is 1.56 bits per heavy atom. The van der Waals surface area contributed by atoms with Crippen LogP contribution in [0.25, 0.3) is 0 Å². The van der Waals surface area contributed by atoms with Crippen molar-refractivity contribution in [3.63, 3.8) is 0 Å². The zero-order valence-corrected chi connectivity index (χ0v) is 8.39. The van der Waals surface area contributed by atoms with Crippen molar-refractivity contribution in [2.24, 2.45) is 0 Å². The maximum Gasteiger partial charge on any atom is 0.0235 e. The Bertz CT molecular complexity index is 164. The average molecular weight is 160 g/mol. The summed E-state index contributed by atoms with van der Waals surface area (Å²) < 4.78 is 0. The smallest absolute Gasteiger partial charge is 0.0235 e. The van der Waals surface area contributed by atoms with Crippen LogP contribution in [0.1, 0.15) is 13.8 Å². The van der Waals surface area contributed by atoms with Crippen molar-refractivity contribution in [2.45, 2.75) is 23.9 Å². The van der Waals surface area contributed by atoms with Gasteiger partial charge in [-0.1, -0.05) is 29.7 Å². The molecule has 0 radical (unpaired) electrons. The van der Waals surface area contributed by atoms with E-state index in [4.69, 9.17) is 0 Å². The highest BCUT2D eigenvalue weighted by molar-refractivity contribution is 7.92. The Morgan fingerprint density at radius 3 is 1.56 bits per heavy atom. The van der Waals surface area contributed by atoms with E-state index in [1.54, 1.807) is 6.16 Å². The number of hydrogen-bond donors (Lipinski definition) is 0. The van der Waals surface area contributed by atoms with Crippen molar-refractivity contribution in [3.05, 3.63) is 0 Å². The molecule has 2 saturated heterocycles. The van der Waals surface area contributed by atoms with Crippen LogP contribution in [0.15, 0.2) is 0 Å². The quantitative estimate of drug-likeness (QED) is 0.478. The van der Waals surface area contributed by atoms with E-state index in [9.17, 15) is 0 Å². The van der Waals surface area contributed by atoms with Crippen LogP contribution in [0.4, 0.5) is 0 Å². The topological polar surface area (TPSA) is 0 Å². The summed E-state index contributed by atoms with van der Waals surface area (Å²) >= 11 is 0. The highest BCUT2D eigenvalue weighted by Gasteiger charge is 2.79. The minimum atomic E-state index is 0.444. The molecule has 52 valence electrons. The molecule has 2 rings (SSSR count). The zero-order chi connectivity index (χ0) is 6.86. The van der Waals surface area contributed by atoms with Gasteiger partial charge in [0.05, 0.1) is 0 Å². The van der Waals surface area contributed by atoms with Crippen LogP contribution < -0.4 is 0 Å². The van der Waals surface area contributed by atoms with Gasteiger partial charge in [0.25, 0.3) is 0 Å². The lowest BCUT2D eigenvalue weighted by molar-refractivity contribution is 0.807. The van der Waals surface area contributed by atoms with Crippen LogP contribution in [0.5, 0.6) is 0 Å². The van der Waals surface area contributed by atoms with Gasteiger partial charge in [0.2, 0.25) is 0 Å². The molecule has 0 amide bonds. The first-order valence-corrected chi connectivity index (χ1v) is 7.25. The van der Waals surface area contributed by atoms with E-state index in [1.165, 1.54) is 0 Å². The van der Waals surface area contributed by atoms with Gasteiger partial charge in [-0.3, -0.25) is 0 Å². The van der Waals surface area contributed by atoms with Crippen molar-refractivity contribution in [1.82, 2.24) is 0 Å². The molecule has 0 nitrogen and oxygen atoms in total. The third-order valence-corrected chi connectivity index (χ3v) is 11.9. The van der Waals surface area contributed by atoms with Crippen molar-refractivity contribution in [1.29, 1.82) is 0 Å². The Hall–Kier alpha value is 0.860. The van der Waals surface area contributed by atoms with Crippen LogP contribution in [0.3, 0.4) is 0 Å².